The standard InChI is InChI=1S/C28H25N3O4/c1-17-14-26(33)35-24-16-23(34-2)19(15-20(17)24)12-13-25(32)31-27(18-8-4-3-5-9-18)28-29-21-10-6-7-11-22(21)30-28/h3-11,14-16,27H,12-13H2,1-2H3,(H,29,30)(H,31,32)/t27-/m1/s1. The van der Waals surface area contributed by atoms with Crippen molar-refractivity contribution in [3.05, 3.63) is 106 Å². The molecule has 0 aliphatic heterocycles. The fourth-order valence-corrected chi connectivity index (χ4v) is 4.32. The van der Waals surface area contributed by atoms with Gasteiger partial charge in [-0.25, -0.2) is 9.78 Å². The molecule has 35 heavy (non-hydrogen) atoms. The maximum atomic E-state index is 13.1. The summed E-state index contributed by atoms with van der Waals surface area (Å²) in [6.07, 6.45) is 0.715. The molecule has 2 heterocycles. The number of H-pyrrole nitrogens is 1. The summed E-state index contributed by atoms with van der Waals surface area (Å²) in [6, 6.07) is 22.2. The molecule has 2 N–H and O–H groups in total. The SMILES string of the molecule is COc1cc2oc(=O)cc(C)c2cc1CCC(=O)N[C@H](c1ccccc1)c1nc2ccccc2[nH]1. The first-order chi connectivity index (χ1) is 17.0. The largest absolute Gasteiger partial charge is 0.496 e. The molecule has 0 radical (unpaired) electrons. The van der Waals surface area contributed by atoms with E-state index >= 15 is 0 Å². The number of nitrogens with zero attached hydrogens (tertiary/aromatic N) is 1. The van der Waals surface area contributed by atoms with Gasteiger partial charge in [-0.1, -0.05) is 42.5 Å². The molecule has 1 amide bonds. The molecule has 0 aliphatic rings. The van der Waals surface area contributed by atoms with Gasteiger partial charge in [-0.05, 0) is 48.2 Å². The zero-order chi connectivity index (χ0) is 24.4. The van der Waals surface area contributed by atoms with Crippen LogP contribution in [0.5, 0.6) is 5.75 Å². The number of benzene rings is 3. The van der Waals surface area contributed by atoms with Gasteiger partial charge in [-0.15, -0.1) is 0 Å². The van der Waals surface area contributed by atoms with Crippen LogP contribution in [-0.4, -0.2) is 23.0 Å². The van der Waals surface area contributed by atoms with Gasteiger partial charge in [-0.2, -0.15) is 0 Å². The number of carbonyl (C=O) groups is 1. The zero-order valence-electron chi connectivity index (χ0n) is 19.5. The predicted molar refractivity (Wildman–Crippen MR) is 135 cm³/mol. The monoisotopic (exact) mass is 467 g/mol. The third-order valence-electron chi connectivity index (χ3n) is 6.09. The second-order valence-electron chi connectivity index (χ2n) is 8.46. The van der Waals surface area contributed by atoms with E-state index in [1.54, 1.807) is 13.2 Å². The number of methoxy groups -OCH3 is 1. The number of para-hydroxylation sites is 2. The fraction of sp³-hybridized carbons (Fsp3) is 0.179. The quantitative estimate of drug-likeness (QED) is 0.334. The molecule has 0 spiro atoms. The van der Waals surface area contributed by atoms with Gasteiger partial charge in [0.25, 0.3) is 0 Å². The Morgan fingerprint density at radius 1 is 1.09 bits per heavy atom. The molecule has 1 atom stereocenters. The number of fused-ring (bicyclic) bond motifs is 2. The number of aryl methyl sites for hydroxylation is 2. The van der Waals surface area contributed by atoms with E-state index in [1.165, 1.54) is 6.07 Å². The van der Waals surface area contributed by atoms with Crippen LogP contribution in [0, 0.1) is 6.92 Å². The van der Waals surface area contributed by atoms with Crippen molar-refractivity contribution >= 4 is 27.9 Å². The Balaban J connectivity index is 1.39. The lowest BCUT2D eigenvalue weighted by molar-refractivity contribution is -0.121. The summed E-state index contributed by atoms with van der Waals surface area (Å²) in [5.74, 6) is 1.15. The van der Waals surface area contributed by atoms with Crippen LogP contribution in [0.2, 0.25) is 0 Å². The maximum Gasteiger partial charge on any atom is 0.336 e. The van der Waals surface area contributed by atoms with E-state index in [1.807, 2.05) is 67.6 Å². The summed E-state index contributed by atoms with van der Waals surface area (Å²) in [6.45, 7) is 1.86. The van der Waals surface area contributed by atoms with Crippen molar-refractivity contribution in [2.45, 2.75) is 25.8 Å². The summed E-state index contributed by atoms with van der Waals surface area (Å²) >= 11 is 0. The van der Waals surface area contributed by atoms with Crippen molar-refractivity contribution in [1.82, 2.24) is 15.3 Å². The first-order valence-electron chi connectivity index (χ1n) is 11.4. The van der Waals surface area contributed by atoms with Crippen LogP contribution in [0.15, 0.2) is 82.0 Å². The van der Waals surface area contributed by atoms with Gasteiger partial charge in [0, 0.05) is 23.9 Å². The molecular weight excluding hydrogens is 442 g/mol. The number of rotatable bonds is 7. The number of imidazole rings is 1. The molecule has 0 fully saturated rings. The highest BCUT2D eigenvalue weighted by atomic mass is 16.5. The number of hydrogen-bond donors (Lipinski definition) is 2. The van der Waals surface area contributed by atoms with Crippen LogP contribution in [0.1, 0.15) is 35.0 Å². The number of hydrogen-bond acceptors (Lipinski definition) is 5. The fourth-order valence-electron chi connectivity index (χ4n) is 4.32. The van der Waals surface area contributed by atoms with Gasteiger partial charge in [-0.3, -0.25) is 4.79 Å². The third-order valence-corrected chi connectivity index (χ3v) is 6.09. The molecule has 3 aromatic carbocycles. The molecule has 0 saturated carbocycles. The van der Waals surface area contributed by atoms with Crippen LogP contribution in [0.4, 0.5) is 0 Å². The normalized spacial score (nSPS) is 12.1. The average molecular weight is 468 g/mol. The second-order valence-corrected chi connectivity index (χ2v) is 8.46. The molecule has 2 aromatic heterocycles. The van der Waals surface area contributed by atoms with Crippen LogP contribution in [0.25, 0.3) is 22.0 Å². The van der Waals surface area contributed by atoms with Gasteiger partial charge in [0.05, 0.1) is 18.1 Å². The number of carbonyl (C=O) groups excluding carboxylic acids is 1. The maximum absolute atomic E-state index is 13.1. The minimum atomic E-state index is -0.411. The van der Waals surface area contributed by atoms with Crippen molar-refractivity contribution in [3.63, 3.8) is 0 Å². The lowest BCUT2D eigenvalue weighted by atomic mass is 10.0. The predicted octanol–water partition coefficient (Wildman–Crippen LogP) is 4.82. The van der Waals surface area contributed by atoms with E-state index in [-0.39, 0.29) is 12.3 Å². The first-order valence-corrected chi connectivity index (χ1v) is 11.4. The Morgan fingerprint density at radius 2 is 1.86 bits per heavy atom. The van der Waals surface area contributed by atoms with Crippen LogP contribution < -0.4 is 15.7 Å². The Kier molecular flexibility index (Phi) is 6.06. The van der Waals surface area contributed by atoms with Crippen molar-refractivity contribution < 1.29 is 13.9 Å². The van der Waals surface area contributed by atoms with E-state index < -0.39 is 11.7 Å². The van der Waals surface area contributed by atoms with Gasteiger partial charge in [0.15, 0.2) is 0 Å². The second kappa shape index (κ2) is 9.46. The molecule has 0 bridgehead atoms. The number of aromatic nitrogens is 2. The van der Waals surface area contributed by atoms with Crippen molar-refractivity contribution in [2.24, 2.45) is 0 Å². The molecule has 5 rings (SSSR count). The molecule has 7 nitrogen and oxygen atoms in total. The topological polar surface area (TPSA) is 97.2 Å². The van der Waals surface area contributed by atoms with E-state index in [4.69, 9.17) is 14.1 Å². The summed E-state index contributed by atoms with van der Waals surface area (Å²) < 4.78 is 10.8. The summed E-state index contributed by atoms with van der Waals surface area (Å²) in [4.78, 5) is 32.9. The molecule has 0 aliphatic carbocycles. The highest BCUT2D eigenvalue weighted by Gasteiger charge is 2.21. The van der Waals surface area contributed by atoms with Gasteiger partial charge < -0.3 is 19.5 Å². The Bertz CT molecular complexity index is 1540. The first kappa shape index (κ1) is 22.4. The summed E-state index contributed by atoms with van der Waals surface area (Å²) in [7, 11) is 1.56. The Morgan fingerprint density at radius 3 is 2.63 bits per heavy atom. The van der Waals surface area contributed by atoms with Crippen molar-refractivity contribution in [3.8, 4) is 5.75 Å². The number of aromatic amines is 1. The minimum Gasteiger partial charge on any atom is -0.496 e. The Labute approximate surface area is 201 Å². The molecule has 0 saturated heterocycles. The lowest BCUT2D eigenvalue weighted by Gasteiger charge is -2.18. The average Bonchev–Trinajstić information content (AvgIpc) is 3.30. The number of nitrogens with one attached hydrogen (secondary N) is 2. The van der Waals surface area contributed by atoms with Crippen LogP contribution in [-0.2, 0) is 11.2 Å². The van der Waals surface area contributed by atoms with Crippen molar-refractivity contribution in [2.75, 3.05) is 7.11 Å². The lowest BCUT2D eigenvalue weighted by Crippen LogP contribution is -2.30. The van der Waals surface area contributed by atoms with Gasteiger partial charge in [0.2, 0.25) is 5.91 Å². The molecule has 0 unspecified atom stereocenters. The molecular formula is C28H25N3O4. The summed E-state index contributed by atoms with van der Waals surface area (Å²) in [5, 5.41) is 3.97. The highest BCUT2D eigenvalue weighted by Crippen LogP contribution is 2.28. The van der Waals surface area contributed by atoms with Crippen LogP contribution in [0.3, 0.4) is 0 Å². The van der Waals surface area contributed by atoms with Crippen LogP contribution >= 0.6 is 0 Å². The van der Waals surface area contributed by atoms with Gasteiger partial charge in [0.1, 0.15) is 23.2 Å². The smallest absolute Gasteiger partial charge is 0.336 e. The van der Waals surface area contributed by atoms with Crippen molar-refractivity contribution in [1.29, 1.82) is 0 Å². The Hall–Kier alpha value is -4.39. The molecule has 176 valence electrons. The number of ether oxygens (including phenoxy) is 1. The molecule has 5 aromatic rings. The zero-order valence-corrected chi connectivity index (χ0v) is 19.5. The third kappa shape index (κ3) is 4.66. The van der Waals surface area contributed by atoms with E-state index in [0.717, 1.165) is 33.1 Å². The van der Waals surface area contributed by atoms with E-state index in [2.05, 4.69) is 10.3 Å². The number of amides is 1. The summed E-state index contributed by atoms with van der Waals surface area (Å²) in [5.41, 5.74) is 4.46. The minimum absolute atomic E-state index is 0.113. The highest BCUT2D eigenvalue weighted by molar-refractivity contribution is 5.83. The van der Waals surface area contributed by atoms with Gasteiger partial charge >= 0.3 is 5.63 Å². The van der Waals surface area contributed by atoms with E-state index in [0.29, 0.717) is 23.6 Å². The van der Waals surface area contributed by atoms with E-state index in [9.17, 15) is 9.59 Å². The molecule has 7 heteroatoms.